The van der Waals surface area contributed by atoms with Crippen LogP contribution in [0.3, 0.4) is 0 Å². The number of thiazole rings is 1. The van der Waals surface area contributed by atoms with Crippen LogP contribution in [0, 0.1) is 0 Å². The van der Waals surface area contributed by atoms with Crippen LogP contribution in [-0.2, 0) is 9.84 Å². The van der Waals surface area contributed by atoms with Gasteiger partial charge in [-0.1, -0.05) is 30.4 Å². The van der Waals surface area contributed by atoms with Crippen molar-refractivity contribution >= 4 is 37.3 Å². The third kappa shape index (κ3) is 4.28. The van der Waals surface area contributed by atoms with Gasteiger partial charge in [0.25, 0.3) is 11.1 Å². The van der Waals surface area contributed by atoms with E-state index in [4.69, 9.17) is 4.74 Å². The van der Waals surface area contributed by atoms with E-state index < -0.39 is 9.84 Å². The van der Waals surface area contributed by atoms with Crippen molar-refractivity contribution in [1.29, 1.82) is 0 Å². The molecule has 0 N–H and O–H groups in total. The Balaban J connectivity index is 1.35. The molecule has 2 aromatic carbocycles. The van der Waals surface area contributed by atoms with Crippen molar-refractivity contribution in [3.05, 3.63) is 54.1 Å². The summed E-state index contributed by atoms with van der Waals surface area (Å²) in [6, 6.07) is 14.1. The van der Waals surface area contributed by atoms with Crippen LogP contribution in [0.15, 0.2) is 53.4 Å². The first kappa shape index (κ1) is 19.8. The number of carbonyl (C=O) groups excluding carboxylic acids is 1. The number of carbonyl (C=O) groups is 1. The molecule has 3 aromatic rings. The van der Waals surface area contributed by atoms with Gasteiger partial charge in [0.05, 0.1) is 20.9 Å². The Hall–Kier alpha value is -2.45. The molecule has 0 radical (unpaired) electrons. The van der Waals surface area contributed by atoms with Crippen LogP contribution in [0.4, 0.5) is 0 Å². The zero-order valence-corrected chi connectivity index (χ0v) is 17.7. The van der Waals surface area contributed by atoms with E-state index in [0.717, 1.165) is 23.1 Å². The van der Waals surface area contributed by atoms with Crippen LogP contribution in [0.5, 0.6) is 5.19 Å². The number of fused-ring (bicyclic) bond motifs is 1. The lowest BCUT2D eigenvalue weighted by molar-refractivity contribution is 0.0595. The summed E-state index contributed by atoms with van der Waals surface area (Å²) in [5.74, 6) is -0.0356. The van der Waals surface area contributed by atoms with Gasteiger partial charge >= 0.3 is 0 Å². The van der Waals surface area contributed by atoms with Crippen LogP contribution < -0.4 is 4.74 Å². The minimum absolute atomic E-state index is 0.0386. The lowest BCUT2D eigenvalue weighted by Gasteiger charge is -2.31. The van der Waals surface area contributed by atoms with E-state index >= 15 is 0 Å². The Kier molecular flexibility index (Phi) is 5.56. The third-order valence-electron chi connectivity index (χ3n) is 5.11. The first-order valence-corrected chi connectivity index (χ1v) is 12.1. The van der Waals surface area contributed by atoms with Crippen molar-refractivity contribution in [2.45, 2.75) is 30.8 Å². The molecule has 1 aliphatic rings. The maximum absolute atomic E-state index is 12.7. The van der Waals surface area contributed by atoms with Crippen LogP contribution in [-0.4, -0.2) is 49.2 Å². The summed E-state index contributed by atoms with van der Waals surface area (Å²) in [5.41, 5.74) is 1.44. The largest absolute Gasteiger partial charge is 0.467 e. The molecule has 0 atom stereocenters. The lowest BCUT2D eigenvalue weighted by Crippen LogP contribution is -2.41. The lowest BCUT2D eigenvalue weighted by atomic mass is 10.1. The Morgan fingerprint density at radius 3 is 2.48 bits per heavy atom. The predicted molar refractivity (Wildman–Crippen MR) is 113 cm³/mol. The molecule has 4 rings (SSSR count). The highest BCUT2D eigenvalue weighted by atomic mass is 32.2. The highest BCUT2D eigenvalue weighted by Gasteiger charge is 2.25. The van der Waals surface area contributed by atoms with Gasteiger partial charge in [0.1, 0.15) is 6.10 Å². The Morgan fingerprint density at radius 1 is 1.14 bits per heavy atom. The summed E-state index contributed by atoms with van der Waals surface area (Å²) in [7, 11) is -3.26. The Labute approximate surface area is 174 Å². The van der Waals surface area contributed by atoms with Crippen molar-refractivity contribution in [2.75, 3.05) is 18.8 Å². The molecular weight excluding hydrogens is 408 g/mol. The van der Waals surface area contributed by atoms with E-state index in [2.05, 4.69) is 4.98 Å². The molecule has 0 unspecified atom stereocenters. The number of sulfone groups is 1. The monoisotopic (exact) mass is 430 g/mol. The molecule has 152 valence electrons. The molecule has 0 aliphatic carbocycles. The second-order valence-electron chi connectivity index (χ2n) is 6.98. The molecule has 8 heteroatoms. The van der Waals surface area contributed by atoms with Gasteiger partial charge < -0.3 is 9.64 Å². The topological polar surface area (TPSA) is 76.6 Å². The summed E-state index contributed by atoms with van der Waals surface area (Å²) in [5, 5.41) is 0.670. The minimum atomic E-state index is -3.26. The molecular formula is C21H22N2O4S2. The van der Waals surface area contributed by atoms with Gasteiger partial charge in [-0.25, -0.2) is 13.4 Å². The van der Waals surface area contributed by atoms with Gasteiger partial charge in [-0.15, -0.1) is 0 Å². The predicted octanol–water partition coefficient (Wildman–Crippen LogP) is 3.77. The van der Waals surface area contributed by atoms with Gasteiger partial charge in [-0.05, 0) is 36.4 Å². The fourth-order valence-corrected chi connectivity index (χ4v) is 5.14. The number of ether oxygens (including phenoxy) is 1. The van der Waals surface area contributed by atoms with E-state index in [1.54, 1.807) is 24.0 Å². The normalized spacial score (nSPS) is 15.6. The van der Waals surface area contributed by atoms with E-state index in [1.807, 2.05) is 24.3 Å². The van der Waals surface area contributed by atoms with Crippen molar-refractivity contribution < 1.29 is 17.9 Å². The average Bonchev–Trinajstić information content (AvgIpc) is 3.16. The number of benzene rings is 2. The zero-order chi connectivity index (χ0) is 20.4. The van der Waals surface area contributed by atoms with Crippen LogP contribution in [0.2, 0.25) is 0 Å². The molecule has 6 nitrogen and oxygen atoms in total. The molecule has 0 saturated carbocycles. The maximum Gasteiger partial charge on any atom is 0.274 e. The number of para-hydroxylation sites is 1. The Morgan fingerprint density at radius 2 is 1.83 bits per heavy atom. The van der Waals surface area contributed by atoms with Crippen molar-refractivity contribution in [3.8, 4) is 5.19 Å². The average molecular weight is 431 g/mol. The number of piperidine rings is 1. The number of aromatic nitrogens is 1. The van der Waals surface area contributed by atoms with Gasteiger partial charge in [0.2, 0.25) is 0 Å². The molecule has 1 fully saturated rings. The zero-order valence-electron chi connectivity index (χ0n) is 16.1. The summed E-state index contributed by atoms with van der Waals surface area (Å²) >= 11 is 1.54. The molecule has 1 aliphatic heterocycles. The minimum Gasteiger partial charge on any atom is -0.467 e. The van der Waals surface area contributed by atoms with Gasteiger partial charge in [0.15, 0.2) is 9.84 Å². The van der Waals surface area contributed by atoms with E-state index in [-0.39, 0.29) is 22.7 Å². The third-order valence-corrected chi connectivity index (χ3v) is 7.79. The molecule has 0 spiro atoms. The number of hydrogen-bond acceptors (Lipinski definition) is 6. The van der Waals surface area contributed by atoms with Gasteiger partial charge in [0, 0.05) is 31.5 Å². The SMILES string of the molecule is CCS(=O)(=O)c1ccc(C(=O)N2CCC(Oc3nc4ccccc4s3)CC2)cc1. The second-order valence-corrected chi connectivity index (χ2v) is 10.3. The molecule has 29 heavy (non-hydrogen) atoms. The van der Waals surface area contributed by atoms with Crippen molar-refractivity contribution in [3.63, 3.8) is 0 Å². The summed E-state index contributed by atoms with van der Waals surface area (Å²) < 4.78 is 31.0. The van der Waals surface area contributed by atoms with Gasteiger partial charge in [-0.3, -0.25) is 4.79 Å². The first-order chi connectivity index (χ1) is 14.0. The van der Waals surface area contributed by atoms with E-state index in [0.29, 0.717) is 23.8 Å². The van der Waals surface area contributed by atoms with Crippen LogP contribution in [0.1, 0.15) is 30.1 Å². The molecule has 2 heterocycles. The summed E-state index contributed by atoms with van der Waals surface area (Å²) in [6.45, 7) is 2.81. The maximum atomic E-state index is 12.7. The highest BCUT2D eigenvalue weighted by molar-refractivity contribution is 7.91. The number of amides is 1. The van der Waals surface area contributed by atoms with Crippen molar-refractivity contribution in [2.24, 2.45) is 0 Å². The van der Waals surface area contributed by atoms with Crippen LogP contribution >= 0.6 is 11.3 Å². The molecule has 0 bridgehead atoms. The van der Waals surface area contributed by atoms with E-state index in [9.17, 15) is 13.2 Å². The number of likely N-dealkylation sites (tertiary alicyclic amines) is 1. The smallest absolute Gasteiger partial charge is 0.274 e. The molecule has 1 saturated heterocycles. The fourth-order valence-electron chi connectivity index (χ4n) is 3.37. The summed E-state index contributed by atoms with van der Waals surface area (Å²) in [6.07, 6.45) is 1.52. The van der Waals surface area contributed by atoms with E-state index in [1.165, 1.54) is 23.5 Å². The summed E-state index contributed by atoms with van der Waals surface area (Å²) in [4.78, 5) is 19.3. The number of nitrogens with zero attached hydrogens (tertiary/aromatic N) is 2. The van der Waals surface area contributed by atoms with Gasteiger partial charge in [-0.2, -0.15) is 0 Å². The quantitative estimate of drug-likeness (QED) is 0.616. The number of hydrogen-bond donors (Lipinski definition) is 0. The molecule has 1 aromatic heterocycles. The van der Waals surface area contributed by atoms with Crippen molar-refractivity contribution in [1.82, 2.24) is 9.88 Å². The molecule has 1 amide bonds. The second kappa shape index (κ2) is 8.12. The first-order valence-electron chi connectivity index (χ1n) is 9.60. The van der Waals surface area contributed by atoms with Crippen LogP contribution in [0.25, 0.3) is 10.2 Å². The fraction of sp³-hybridized carbons (Fsp3) is 0.333. The Bertz CT molecular complexity index is 1080. The number of rotatable bonds is 5. The highest BCUT2D eigenvalue weighted by Crippen LogP contribution is 2.29. The standard InChI is InChI=1S/C21H22N2O4S2/c1-2-29(25,26)17-9-7-15(8-10-17)20(24)23-13-11-16(12-14-23)27-21-22-18-5-3-4-6-19(18)28-21/h3-10,16H,2,11-14H2,1H3.